The van der Waals surface area contributed by atoms with E-state index in [0.29, 0.717) is 23.2 Å². The normalized spacial score (nSPS) is 22.3. The highest BCUT2D eigenvalue weighted by atomic mass is 32.2. The van der Waals surface area contributed by atoms with E-state index in [2.05, 4.69) is 125 Å². The molecule has 1 aliphatic carbocycles. The average molecular weight is 827 g/mol. The van der Waals surface area contributed by atoms with Gasteiger partial charge in [-0.05, 0) is 181 Å². The molecule has 0 aliphatic heterocycles. The molecule has 1 aromatic rings. The van der Waals surface area contributed by atoms with E-state index in [9.17, 15) is 8.42 Å². The van der Waals surface area contributed by atoms with Crippen LogP contribution in [0.15, 0.2) is 140 Å². The maximum absolute atomic E-state index is 14.0. The minimum atomic E-state index is -3.55. The zero-order valence-corrected chi connectivity index (χ0v) is 40.3. The van der Waals surface area contributed by atoms with Gasteiger partial charge in [-0.1, -0.05) is 119 Å². The quantitative estimate of drug-likeness (QED) is 0.0974. The van der Waals surface area contributed by atoms with Crippen molar-refractivity contribution in [3.05, 3.63) is 135 Å². The third kappa shape index (κ3) is 18.1. The molecule has 5 atom stereocenters. The van der Waals surface area contributed by atoms with Crippen molar-refractivity contribution in [3.63, 3.8) is 0 Å². The number of hydrogen-bond acceptors (Lipinski definition) is 4. The standard InChI is InChI=1S/C54H82O4S/c1-14-50-51(15-2)54(58-13)52(47(11)53(50)57-12)37-36-44(8)31-23-33-46(10)39-49(59(55,56)48-34-17-16-18-35-48)38-45(9)32-22-30-43(7)29-21-28-42(6)27-20-26-41(5)25-19-24-40(3)4/h14-18,24,26,28,30,33-36,38,47,49,52-54H,19-23,25,27,29,31-32,37,39H2,1-13H3. The number of methoxy groups -OCH3 is 2. The predicted octanol–water partition coefficient (Wildman–Crippen LogP) is 15.3. The van der Waals surface area contributed by atoms with Gasteiger partial charge in [0, 0.05) is 14.2 Å². The molecule has 5 unspecified atom stereocenters. The molecular weight excluding hydrogens is 745 g/mol. The van der Waals surface area contributed by atoms with Crippen LogP contribution < -0.4 is 0 Å². The lowest BCUT2D eigenvalue weighted by Crippen LogP contribution is -2.44. The second-order valence-electron chi connectivity index (χ2n) is 17.4. The Hall–Kier alpha value is -3.25. The van der Waals surface area contributed by atoms with Gasteiger partial charge in [0.25, 0.3) is 0 Å². The van der Waals surface area contributed by atoms with E-state index in [4.69, 9.17) is 9.47 Å². The summed E-state index contributed by atoms with van der Waals surface area (Å²) >= 11 is 0. The molecule has 0 saturated heterocycles. The molecule has 2 rings (SSSR count). The Kier molecular flexibility index (Phi) is 24.2. The molecule has 0 heterocycles. The lowest BCUT2D eigenvalue weighted by Gasteiger charge is -2.43. The summed E-state index contributed by atoms with van der Waals surface area (Å²) in [6, 6.07) is 8.94. The van der Waals surface area contributed by atoms with E-state index in [0.717, 1.165) is 81.8 Å². The number of hydrogen-bond donors (Lipinski definition) is 0. The van der Waals surface area contributed by atoms with Crippen LogP contribution in [0.2, 0.25) is 0 Å². The molecule has 1 aromatic carbocycles. The van der Waals surface area contributed by atoms with Gasteiger partial charge < -0.3 is 9.47 Å². The van der Waals surface area contributed by atoms with E-state index < -0.39 is 15.1 Å². The molecule has 59 heavy (non-hydrogen) atoms. The van der Waals surface area contributed by atoms with Gasteiger partial charge in [-0.15, -0.1) is 0 Å². The third-order valence-electron chi connectivity index (χ3n) is 12.0. The molecule has 0 radical (unpaired) electrons. The highest BCUT2D eigenvalue weighted by Gasteiger charge is 2.42. The Morgan fingerprint density at radius 1 is 0.593 bits per heavy atom. The van der Waals surface area contributed by atoms with E-state index in [1.807, 2.05) is 38.5 Å². The van der Waals surface area contributed by atoms with E-state index in [1.54, 1.807) is 12.1 Å². The van der Waals surface area contributed by atoms with Crippen molar-refractivity contribution in [2.45, 2.75) is 176 Å². The summed E-state index contributed by atoms with van der Waals surface area (Å²) in [5.74, 6) is 0.630. The fraction of sp³-hybridized carbons (Fsp3) is 0.556. The largest absolute Gasteiger partial charge is 0.376 e. The van der Waals surface area contributed by atoms with Crippen molar-refractivity contribution in [2.24, 2.45) is 11.8 Å². The number of sulfone groups is 1. The molecule has 0 N–H and O–H groups in total. The van der Waals surface area contributed by atoms with Gasteiger partial charge in [-0.3, -0.25) is 0 Å². The lowest BCUT2D eigenvalue weighted by molar-refractivity contribution is -0.0155. The molecule has 328 valence electrons. The lowest BCUT2D eigenvalue weighted by atomic mass is 9.69. The summed E-state index contributed by atoms with van der Waals surface area (Å²) < 4.78 is 40.1. The molecule has 1 fully saturated rings. The fourth-order valence-electron chi connectivity index (χ4n) is 8.35. The van der Waals surface area contributed by atoms with E-state index in [-0.39, 0.29) is 12.2 Å². The monoisotopic (exact) mass is 827 g/mol. The Balaban J connectivity index is 2.04. The predicted molar refractivity (Wildman–Crippen MR) is 257 cm³/mol. The minimum absolute atomic E-state index is 0.0332. The van der Waals surface area contributed by atoms with Crippen molar-refractivity contribution in [1.82, 2.24) is 0 Å². The molecule has 4 nitrogen and oxygen atoms in total. The number of rotatable bonds is 24. The van der Waals surface area contributed by atoms with Crippen LogP contribution in [0.1, 0.15) is 153 Å². The second-order valence-corrected chi connectivity index (χ2v) is 19.6. The van der Waals surface area contributed by atoms with Crippen molar-refractivity contribution in [1.29, 1.82) is 0 Å². The highest BCUT2D eigenvalue weighted by Crippen LogP contribution is 2.42. The van der Waals surface area contributed by atoms with Crippen molar-refractivity contribution in [3.8, 4) is 0 Å². The van der Waals surface area contributed by atoms with Crippen LogP contribution in [-0.2, 0) is 19.3 Å². The fourth-order valence-corrected chi connectivity index (χ4v) is 10.1. The number of ether oxygens (including phenoxy) is 2. The van der Waals surface area contributed by atoms with Gasteiger partial charge in [0.05, 0.1) is 22.4 Å². The molecule has 1 aliphatic rings. The zero-order valence-electron chi connectivity index (χ0n) is 39.5. The maximum atomic E-state index is 14.0. The van der Waals surface area contributed by atoms with Crippen molar-refractivity contribution in [2.75, 3.05) is 14.2 Å². The smallest absolute Gasteiger partial charge is 0.185 e. The Morgan fingerprint density at radius 3 is 1.47 bits per heavy atom. The van der Waals surface area contributed by atoms with E-state index in [1.165, 1.54) is 39.0 Å². The van der Waals surface area contributed by atoms with E-state index >= 15 is 0 Å². The Bertz CT molecular complexity index is 1820. The summed E-state index contributed by atoms with van der Waals surface area (Å²) in [5.41, 5.74) is 11.8. The molecular formula is C54H82O4S. The molecule has 0 spiro atoms. The summed E-state index contributed by atoms with van der Waals surface area (Å²) in [6.45, 7) is 23.9. The molecule has 0 bridgehead atoms. The third-order valence-corrected chi connectivity index (χ3v) is 14.1. The van der Waals surface area contributed by atoms with Crippen LogP contribution in [0.4, 0.5) is 0 Å². The Labute approximate surface area is 363 Å². The summed E-state index contributed by atoms with van der Waals surface area (Å²) in [7, 11) is 0.0689. The molecule has 1 saturated carbocycles. The first kappa shape index (κ1) is 51.9. The van der Waals surface area contributed by atoms with Gasteiger partial charge in [-0.2, -0.15) is 0 Å². The van der Waals surface area contributed by atoms with Crippen LogP contribution in [0.5, 0.6) is 0 Å². The van der Waals surface area contributed by atoms with Crippen LogP contribution in [-0.4, -0.2) is 40.1 Å². The molecule has 0 aromatic heterocycles. The minimum Gasteiger partial charge on any atom is -0.376 e. The summed E-state index contributed by atoms with van der Waals surface area (Å²) in [4.78, 5) is 0.384. The molecule has 5 heteroatoms. The van der Waals surface area contributed by atoms with Gasteiger partial charge in [0.2, 0.25) is 0 Å². The Morgan fingerprint density at radius 2 is 1.02 bits per heavy atom. The van der Waals surface area contributed by atoms with Gasteiger partial charge in [0.15, 0.2) is 9.84 Å². The SMILES string of the molecule is CC=C1C(=CC)C(OC)C(CC=C(C)CCC=C(C)CC(C=C(C)CCC=C(C)CCC=C(C)CCC=C(C)CCC=C(C)C)S(=O)(=O)c2ccccc2)C(C)C1OC. The van der Waals surface area contributed by atoms with Crippen LogP contribution >= 0.6 is 0 Å². The van der Waals surface area contributed by atoms with Crippen LogP contribution in [0.25, 0.3) is 0 Å². The maximum Gasteiger partial charge on any atom is 0.185 e. The van der Waals surface area contributed by atoms with Crippen molar-refractivity contribution >= 4 is 9.84 Å². The number of benzene rings is 1. The first-order chi connectivity index (χ1) is 28.1. The number of allylic oxidation sites excluding steroid dienone is 15. The topological polar surface area (TPSA) is 52.6 Å². The van der Waals surface area contributed by atoms with Gasteiger partial charge in [0.1, 0.15) is 0 Å². The van der Waals surface area contributed by atoms with Gasteiger partial charge in [-0.25, -0.2) is 8.42 Å². The highest BCUT2D eigenvalue weighted by molar-refractivity contribution is 7.92. The van der Waals surface area contributed by atoms with Crippen LogP contribution in [0, 0.1) is 11.8 Å². The van der Waals surface area contributed by atoms with Crippen molar-refractivity contribution < 1.29 is 17.9 Å². The van der Waals surface area contributed by atoms with Gasteiger partial charge >= 0.3 is 0 Å². The second kappa shape index (κ2) is 27.6. The average Bonchev–Trinajstić information content (AvgIpc) is 3.19. The summed E-state index contributed by atoms with van der Waals surface area (Å²) in [6.07, 6.45) is 32.1. The zero-order chi connectivity index (χ0) is 44.0. The molecule has 0 amide bonds. The first-order valence-electron chi connectivity index (χ1n) is 22.3. The van der Waals surface area contributed by atoms with Crippen LogP contribution in [0.3, 0.4) is 0 Å². The summed E-state index contributed by atoms with van der Waals surface area (Å²) in [5, 5.41) is -0.609. The first-order valence-corrected chi connectivity index (χ1v) is 23.9.